The molecule has 0 aliphatic heterocycles. The van der Waals surface area contributed by atoms with Gasteiger partial charge in [0.25, 0.3) is 0 Å². The molecule has 2 aromatic carbocycles. The SMILES string of the molecule is CCOC(=O)C(Cc1ccc(-c2cccc(CO)c2)cc1)OC. The molecular formula is C19H22O4. The van der Waals surface area contributed by atoms with Crippen LogP contribution in [0.25, 0.3) is 11.1 Å². The van der Waals surface area contributed by atoms with Gasteiger partial charge in [0.1, 0.15) is 0 Å². The van der Waals surface area contributed by atoms with Gasteiger partial charge >= 0.3 is 5.97 Å². The number of ether oxygens (including phenoxy) is 2. The van der Waals surface area contributed by atoms with Crippen molar-refractivity contribution >= 4 is 5.97 Å². The van der Waals surface area contributed by atoms with Crippen molar-refractivity contribution in [3.05, 3.63) is 59.7 Å². The molecule has 1 atom stereocenters. The van der Waals surface area contributed by atoms with Gasteiger partial charge in [-0.3, -0.25) is 0 Å². The fourth-order valence-electron chi connectivity index (χ4n) is 2.39. The summed E-state index contributed by atoms with van der Waals surface area (Å²) in [6, 6.07) is 15.7. The molecule has 4 heteroatoms. The summed E-state index contributed by atoms with van der Waals surface area (Å²) in [6.07, 6.45) is -0.106. The predicted octanol–water partition coefficient (Wildman–Crippen LogP) is 2.97. The molecule has 0 fully saturated rings. The van der Waals surface area contributed by atoms with Crippen molar-refractivity contribution in [1.82, 2.24) is 0 Å². The van der Waals surface area contributed by atoms with Gasteiger partial charge in [0.15, 0.2) is 6.10 Å². The van der Waals surface area contributed by atoms with E-state index in [-0.39, 0.29) is 12.6 Å². The number of carbonyl (C=O) groups is 1. The topological polar surface area (TPSA) is 55.8 Å². The molecule has 1 N–H and O–H groups in total. The van der Waals surface area contributed by atoms with Crippen molar-refractivity contribution < 1.29 is 19.4 Å². The number of aliphatic hydroxyl groups is 1. The summed E-state index contributed by atoms with van der Waals surface area (Å²) in [7, 11) is 1.51. The van der Waals surface area contributed by atoms with Crippen molar-refractivity contribution in [2.24, 2.45) is 0 Å². The first-order valence-electron chi connectivity index (χ1n) is 7.66. The Morgan fingerprint density at radius 3 is 2.43 bits per heavy atom. The third-order valence-electron chi connectivity index (χ3n) is 3.65. The second-order valence-corrected chi connectivity index (χ2v) is 5.24. The van der Waals surface area contributed by atoms with Gasteiger partial charge in [-0.1, -0.05) is 42.5 Å². The van der Waals surface area contributed by atoms with Crippen molar-refractivity contribution in [3.63, 3.8) is 0 Å². The lowest BCUT2D eigenvalue weighted by atomic mass is 10.00. The highest BCUT2D eigenvalue weighted by Crippen LogP contribution is 2.21. The first kappa shape index (κ1) is 17.2. The zero-order chi connectivity index (χ0) is 16.7. The third-order valence-corrected chi connectivity index (χ3v) is 3.65. The maximum absolute atomic E-state index is 11.8. The van der Waals surface area contributed by atoms with Crippen LogP contribution in [0.5, 0.6) is 0 Å². The Kier molecular flexibility index (Phi) is 6.32. The minimum atomic E-state index is -0.585. The van der Waals surface area contributed by atoms with E-state index >= 15 is 0 Å². The van der Waals surface area contributed by atoms with Gasteiger partial charge in [0.05, 0.1) is 13.2 Å². The van der Waals surface area contributed by atoms with Gasteiger partial charge < -0.3 is 14.6 Å². The molecule has 0 amide bonds. The number of methoxy groups -OCH3 is 1. The van der Waals surface area contributed by atoms with Crippen LogP contribution in [0.4, 0.5) is 0 Å². The highest BCUT2D eigenvalue weighted by atomic mass is 16.6. The van der Waals surface area contributed by atoms with E-state index < -0.39 is 6.10 Å². The lowest BCUT2D eigenvalue weighted by Crippen LogP contribution is -2.27. The van der Waals surface area contributed by atoms with E-state index in [0.717, 1.165) is 22.3 Å². The largest absolute Gasteiger partial charge is 0.464 e. The van der Waals surface area contributed by atoms with Crippen LogP contribution in [-0.4, -0.2) is 30.9 Å². The van der Waals surface area contributed by atoms with Crippen molar-refractivity contribution in [2.75, 3.05) is 13.7 Å². The van der Waals surface area contributed by atoms with Gasteiger partial charge in [-0.2, -0.15) is 0 Å². The summed E-state index contributed by atoms with van der Waals surface area (Å²) in [5.41, 5.74) is 4.01. The second kappa shape index (κ2) is 8.46. The van der Waals surface area contributed by atoms with Gasteiger partial charge in [-0.25, -0.2) is 4.79 Å². The molecule has 0 heterocycles. The van der Waals surface area contributed by atoms with Crippen LogP contribution < -0.4 is 0 Å². The fourth-order valence-corrected chi connectivity index (χ4v) is 2.39. The molecule has 4 nitrogen and oxygen atoms in total. The van der Waals surface area contributed by atoms with Crippen LogP contribution in [0.2, 0.25) is 0 Å². The average Bonchev–Trinajstić information content (AvgIpc) is 2.60. The Morgan fingerprint density at radius 2 is 1.83 bits per heavy atom. The van der Waals surface area contributed by atoms with Crippen LogP contribution in [0.3, 0.4) is 0 Å². The van der Waals surface area contributed by atoms with E-state index in [1.807, 2.05) is 48.5 Å². The Morgan fingerprint density at radius 1 is 1.09 bits per heavy atom. The smallest absolute Gasteiger partial charge is 0.335 e. The molecule has 0 aliphatic rings. The molecule has 1 unspecified atom stereocenters. The highest BCUT2D eigenvalue weighted by molar-refractivity contribution is 5.75. The number of carbonyl (C=O) groups excluding carboxylic acids is 1. The Labute approximate surface area is 136 Å². The molecule has 0 radical (unpaired) electrons. The maximum atomic E-state index is 11.8. The van der Waals surface area contributed by atoms with E-state index in [4.69, 9.17) is 9.47 Å². The van der Waals surface area contributed by atoms with Gasteiger partial charge in [0, 0.05) is 13.5 Å². The molecule has 0 bridgehead atoms. The lowest BCUT2D eigenvalue weighted by molar-refractivity contribution is -0.154. The molecule has 0 aliphatic carbocycles. The van der Waals surface area contributed by atoms with E-state index in [1.165, 1.54) is 7.11 Å². The van der Waals surface area contributed by atoms with Crippen LogP contribution in [0, 0.1) is 0 Å². The van der Waals surface area contributed by atoms with Gasteiger partial charge in [-0.15, -0.1) is 0 Å². The molecule has 2 rings (SSSR count). The molecule has 0 saturated heterocycles. The van der Waals surface area contributed by atoms with Crippen LogP contribution in [-0.2, 0) is 27.3 Å². The fraction of sp³-hybridized carbons (Fsp3) is 0.316. The Balaban J connectivity index is 2.10. The van der Waals surface area contributed by atoms with Crippen molar-refractivity contribution in [2.45, 2.75) is 26.1 Å². The van der Waals surface area contributed by atoms with Gasteiger partial charge in [-0.05, 0) is 35.2 Å². The maximum Gasteiger partial charge on any atom is 0.335 e. The van der Waals surface area contributed by atoms with E-state index in [0.29, 0.717) is 13.0 Å². The predicted molar refractivity (Wildman–Crippen MR) is 88.9 cm³/mol. The molecule has 0 spiro atoms. The average molecular weight is 314 g/mol. The first-order valence-corrected chi connectivity index (χ1v) is 7.66. The van der Waals surface area contributed by atoms with Crippen LogP contribution >= 0.6 is 0 Å². The molecule has 0 aromatic heterocycles. The third kappa shape index (κ3) is 4.65. The number of benzene rings is 2. The standard InChI is InChI=1S/C19H22O4/c1-3-23-19(21)18(22-2)12-14-7-9-16(10-8-14)17-6-4-5-15(11-17)13-20/h4-11,18,20H,3,12-13H2,1-2H3. The second-order valence-electron chi connectivity index (χ2n) is 5.24. The molecule has 122 valence electrons. The normalized spacial score (nSPS) is 12.0. The molecule has 23 heavy (non-hydrogen) atoms. The van der Waals surface area contributed by atoms with Crippen LogP contribution in [0.15, 0.2) is 48.5 Å². The molecule has 0 saturated carbocycles. The van der Waals surface area contributed by atoms with E-state index in [1.54, 1.807) is 6.92 Å². The van der Waals surface area contributed by atoms with E-state index in [9.17, 15) is 9.90 Å². The minimum Gasteiger partial charge on any atom is -0.464 e. The molecular weight excluding hydrogens is 292 g/mol. The summed E-state index contributed by atoms with van der Waals surface area (Å²) in [4.78, 5) is 11.8. The number of hydrogen-bond acceptors (Lipinski definition) is 4. The number of aliphatic hydroxyl groups excluding tert-OH is 1. The number of rotatable bonds is 7. The zero-order valence-corrected chi connectivity index (χ0v) is 13.5. The molecule has 2 aromatic rings. The zero-order valence-electron chi connectivity index (χ0n) is 13.5. The van der Waals surface area contributed by atoms with Crippen LogP contribution in [0.1, 0.15) is 18.1 Å². The van der Waals surface area contributed by atoms with Crippen molar-refractivity contribution in [3.8, 4) is 11.1 Å². The van der Waals surface area contributed by atoms with E-state index in [2.05, 4.69) is 0 Å². The minimum absolute atomic E-state index is 0.0288. The summed E-state index contributed by atoms with van der Waals surface area (Å²) < 4.78 is 10.2. The number of esters is 1. The Bertz CT molecular complexity index is 634. The quantitative estimate of drug-likeness (QED) is 0.798. The summed E-state index contributed by atoms with van der Waals surface area (Å²) in [6.45, 7) is 2.15. The Hall–Kier alpha value is -2.17. The summed E-state index contributed by atoms with van der Waals surface area (Å²) >= 11 is 0. The monoisotopic (exact) mass is 314 g/mol. The summed E-state index contributed by atoms with van der Waals surface area (Å²) in [5.74, 6) is -0.338. The first-order chi connectivity index (χ1) is 11.2. The summed E-state index contributed by atoms with van der Waals surface area (Å²) in [5, 5.41) is 9.22. The van der Waals surface area contributed by atoms with Gasteiger partial charge in [0.2, 0.25) is 0 Å². The van der Waals surface area contributed by atoms with Crippen molar-refractivity contribution in [1.29, 1.82) is 0 Å². The number of hydrogen-bond donors (Lipinski definition) is 1. The lowest BCUT2D eigenvalue weighted by Gasteiger charge is -2.14. The highest BCUT2D eigenvalue weighted by Gasteiger charge is 2.19.